The zero-order valence-electron chi connectivity index (χ0n) is 8.60. The Morgan fingerprint density at radius 2 is 2.47 bits per heavy atom. The monoisotopic (exact) mass is 205 g/mol. The Hall–Kier alpha value is -1.58. The molecule has 1 aliphatic rings. The maximum atomic E-state index is 11.1. The minimum absolute atomic E-state index is 0.0149. The Bertz CT molecular complexity index is 339. The third-order valence-electron chi connectivity index (χ3n) is 2.83. The van der Waals surface area contributed by atoms with E-state index >= 15 is 0 Å². The van der Waals surface area contributed by atoms with E-state index in [4.69, 9.17) is 5.73 Å². The number of nitrogens with two attached hydrogens (primary N) is 1. The molecule has 1 amide bonds. The van der Waals surface area contributed by atoms with Crippen LogP contribution in [0.25, 0.3) is 0 Å². The summed E-state index contributed by atoms with van der Waals surface area (Å²) in [6, 6.07) is 3.92. The summed E-state index contributed by atoms with van der Waals surface area (Å²) in [5, 5.41) is 0. The molecule has 1 fully saturated rings. The maximum Gasteiger partial charge on any atom is 0.222 e. The van der Waals surface area contributed by atoms with Gasteiger partial charge in [-0.15, -0.1) is 0 Å². The molecule has 0 aromatic carbocycles. The van der Waals surface area contributed by atoms with Crippen molar-refractivity contribution < 1.29 is 4.79 Å². The summed E-state index contributed by atoms with van der Waals surface area (Å²) < 4.78 is 0. The van der Waals surface area contributed by atoms with E-state index in [2.05, 4.69) is 9.88 Å². The van der Waals surface area contributed by atoms with Crippen LogP contribution in [-0.4, -0.2) is 24.0 Å². The highest BCUT2D eigenvalue weighted by atomic mass is 16.1. The van der Waals surface area contributed by atoms with E-state index in [1.807, 2.05) is 18.3 Å². The van der Waals surface area contributed by atoms with Gasteiger partial charge in [0.15, 0.2) is 0 Å². The molecule has 1 atom stereocenters. The third-order valence-corrected chi connectivity index (χ3v) is 2.83. The van der Waals surface area contributed by atoms with E-state index in [0.29, 0.717) is 0 Å². The van der Waals surface area contributed by atoms with E-state index < -0.39 is 0 Å². The Labute approximate surface area is 89.1 Å². The fourth-order valence-electron chi connectivity index (χ4n) is 1.98. The van der Waals surface area contributed by atoms with Gasteiger partial charge in [0.1, 0.15) is 0 Å². The normalized spacial score (nSPS) is 21.3. The summed E-state index contributed by atoms with van der Waals surface area (Å²) in [7, 11) is 0. The first-order valence-electron chi connectivity index (χ1n) is 5.21. The van der Waals surface area contributed by atoms with Crippen molar-refractivity contribution in [2.75, 3.05) is 18.0 Å². The molecule has 1 aromatic heterocycles. The Balaban J connectivity index is 2.08. The lowest BCUT2D eigenvalue weighted by Crippen LogP contribution is -2.41. The first kappa shape index (κ1) is 9.96. The number of nitrogens with zero attached hydrogens (tertiary/aromatic N) is 2. The van der Waals surface area contributed by atoms with E-state index in [9.17, 15) is 4.79 Å². The number of carbonyl (C=O) groups is 1. The molecule has 4 nitrogen and oxygen atoms in total. The summed E-state index contributed by atoms with van der Waals surface area (Å²) in [6.45, 7) is 1.70. The second-order valence-electron chi connectivity index (χ2n) is 3.90. The molecule has 0 bridgehead atoms. The molecule has 0 radical (unpaired) electrons. The zero-order chi connectivity index (χ0) is 10.7. The molecular formula is C11H15N3O. The minimum Gasteiger partial charge on any atom is -0.369 e. The molecule has 2 N–H and O–H groups in total. The number of pyridine rings is 1. The van der Waals surface area contributed by atoms with Crippen molar-refractivity contribution in [3.05, 3.63) is 24.5 Å². The number of piperidine rings is 1. The van der Waals surface area contributed by atoms with Crippen LogP contribution in [0.3, 0.4) is 0 Å². The van der Waals surface area contributed by atoms with Crippen LogP contribution >= 0.6 is 0 Å². The van der Waals surface area contributed by atoms with E-state index in [0.717, 1.165) is 31.6 Å². The van der Waals surface area contributed by atoms with Crippen LogP contribution in [0.2, 0.25) is 0 Å². The zero-order valence-corrected chi connectivity index (χ0v) is 8.60. The van der Waals surface area contributed by atoms with Gasteiger partial charge in [-0.25, -0.2) is 0 Å². The van der Waals surface area contributed by atoms with Crippen molar-refractivity contribution >= 4 is 11.6 Å². The molecule has 0 aliphatic carbocycles. The number of hydrogen-bond acceptors (Lipinski definition) is 3. The number of aromatic nitrogens is 1. The first-order valence-corrected chi connectivity index (χ1v) is 5.21. The highest BCUT2D eigenvalue weighted by Gasteiger charge is 2.23. The molecular weight excluding hydrogens is 190 g/mol. The van der Waals surface area contributed by atoms with Crippen molar-refractivity contribution in [1.82, 2.24) is 4.98 Å². The molecule has 0 spiro atoms. The molecule has 4 heteroatoms. The van der Waals surface area contributed by atoms with Gasteiger partial charge in [0.05, 0.1) is 17.8 Å². The molecule has 0 saturated carbocycles. The van der Waals surface area contributed by atoms with Crippen molar-refractivity contribution in [3.63, 3.8) is 0 Å². The number of hydrogen-bond donors (Lipinski definition) is 1. The smallest absolute Gasteiger partial charge is 0.222 e. The Morgan fingerprint density at radius 1 is 1.60 bits per heavy atom. The van der Waals surface area contributed by atoms with Gasteiger partial charge in [0.25, 0.3) is 0 Å². The first-order chi connectivity index (χ1) is 7.27. The van der Waals surface area contributed by atoms with Gasteiger partial charge in [-0.05, 0) is 25.0 Å². The summed E-state index contributed by atoms with van der Waals surface area (Å²) in [5.41, 5.74) is 6.40. The number of anilines is 1. The van der Waals surface area contributed by atoms with E-state index in [-0.39, 0.29) is 11.8 Å². The van der Waals surface area contributed by atoms with Crippen LogP contribution < -0.4 is 10.6 Å². The van der Waals surface area contributed by atoms with Crippen molar-refractivity contribution in [1.29, 1.82) is 0 Å². The van der Waals surface area contributed by atoms with Crippen molar-refractivity contribution in [3.8, 4) is 0 Å². The highest BCUT2D eigenvalue weighted by molar-refractivity contribution is 5.77. The maximum absolute atomic E-state index is 11.1. The summed E-state index contributed by atoms with van der Waals surface area (Å²) in [5.74, 6) is -0.206. The number of primary amides is 1. The van der Waals surface area contributed by atoms with Crippen molar-refractivity contribution in [2.24, 2.45) is 11.7 Å². The molecule has 0 unspecified atom stereocenters. The molecule has 80 valence electrons. The fraction of sp³-hybridized carbons (Fsp3) is 0.455. The standard InChI is InChI=1S/C11H15N3O/c12-11(15)9-3-2-6-14(8-9)10-4-1-5-13-7-10/h1,4-5,7,9H,2-3,6,8H2,(H2,12,15)/t9-/m1/s1. The van der Waals surface area contributed by atoms with Gasteiger partial charge >= 0.3 is 0 Å². The Morgan fingerprint density at radius 3 is 3.13 bits per heavy atom. The lowest BCUT2D eigenvalue weighted by atomic mass is 9.97. The number of carbonyl (C=O) groups excluding carboxylic acids is 1. The van der Waals surface area contributed by atoms with Gasteiger partial charge in [-0.3, -0.25) is 9.78 Å². The van der Waals surface area contributed by atoms with Gasteiger partial charge in [-0.1, -0.05) is 0 Å². The molecule has 15 heavy (non-hydrogen) atoms. The molecule has 2 heterocycles. The van der Waals surface area contributed by atoms with Crippen LogP contribution in [0.1, 0.15) is 12.8 Å². The highest BCUT2D eigenvalue weighted by Crippen LogP contribution is 2.21. The van der Waals surface area contributed by atoms with Gasteiger partial charge < -0.3 is 10.6 Å². The second-order valence-corrected chi connectivity index (χ2v) is 3.90. The molecule has 1 saturated heterocycles. The SMILES string of the molecule is NC(=O)[C@@H]1CCCN(c2cccnc2)C1. The van der Waals surface area contributed by atoms with Crippen LogP contribution in [-0.2, 0) is 4.79 Å². The molecule has 1 aliphatic heterocycles. The van der Waals surface area contributed by atoms with Crippen LogP contribution in [0.5, 0.6) is 0 Å². The molecule has 2 rings (SSSR count). The average molecular weight is 205 g/mol. The predicted molar refractivity (Wildman–Crippen MR) is 58.4 cm³/mol. The van der Waals surface area contributed by atoms with Crippen molar-refractivity contribution in [2.45, 2.75) is 12.8 Å². The summed E-state index contributed by atoms with van der Waals surface area (Å²) in [4.78, 5) is 17.4. The fourth-order valence-corrected chi connectivity index (χ4v) is 1.98. The predicted octanol–water partition coefficient (Wildman–Crippen LogP) is 0.783. The summed E-state index contributed by atoms with van der Waals surface area (Å²) in [6.07, 6.45) is 5.50. The number of amides is 1. The van der Waals surface area contributed by atoms with E-state index in [1.54, 1.807) is 6.20 Å². The van der Waals surface area contributed by atoms with Crippen LogP contribution in [0.4, 0.5) is 5.69 Å². The largest absolute Gasteiger partial charge is 0.369 e. The quantitative estimate of drug-likeness (QED) is 0.776. The van der Waals surface area contributed by atoms with E-state index in [1.165, 1.54) is 0 Å². The summed E-state index contributed by atoms with van der Waals surface area (Å²) >= 11 is 0. The van der Waals surface area contributed by atoms with Gasteiger partial charge in [0.2, 0.25) is 5.91 Å². The lowest BCUT2D eigenvalue weighted by Gasteiger charge is -2.32. The average Bonchev–Trinajstić information content (AvgIpc) is 2.30. The molecule has 1 aromatic rings. The Kier molecular flexibility index (Phi) is 2.85. The van der Waals surface area contributed by atoms with Crippen LogP contribution in [0.15, 0.2) is 24.5 Å². The van der Waals surface area contributed by atoms with Gasteiger partial charge in [-0.2, -0.15) is 0 Å². The second kappa shape index (κ2) is 4.29. The number of rotatable bonds is 2. The minimum atomic E-state index is -0.191. The van der Waals surface area contributed by atoms with Crippen LogP contribution in [0, 0.1) is 5.92 Å². The van der Waals surface area contributed by atoms with Gasteiger partial charge in [0, 0.05) is 19.3 Å². The third kappa shape index (κ3) is 2.26. The lowest BCUT2D eigenvalue weighted by molar-refractivity contribution is -0.122. The topological polar surface area (TPSA) is 59.2 Å².